The van der Waals surface area contributed by atoms with E-state index >= 15 is 0 Å². The van der Waals surface area contributed by atoms with Gasteiger partial charge in [-0.2, -0.15) is 5.10 Å². The number of para-hydroxylation sites is 1. The predicted molar refractivity (Wildman–Crippen MR) is 142 cm³/mol. The van der Waals surface area contributed by atoms with Crippen molar-refractivity contribution in [3.05, 3.63) is 82.8 Å². The SMILES string of the molecule is CCn1nc(C(=O)NCc2ccc(OC)cc2)c2c1CCN([C@@H](C)CCc1c[nH]c3ccccc13)C2. The topological polar surface area (TPSA) is 75.2 Å². The molecule has 0 saturated heterocycles. The first-order chi connectivity index (χ1) is 17.6. The monoisotopic (exact) mass is 485 g/mol. The number of amides is 1. The van der Waals surface area contributed by atoms with Crippen molar-refractivity contribution in [3.8, 4) is 5.75 Å². The molecule has 4 aromatic rings. The third kappa shape index (κ3) is 4.88. The maximum atomic E-state index is 13.2. The Morgan fingerprint density at radius 1 is 1.19 bits per heavy atom. The Balaban J connectivity index is 1.25. The lowest BCUT2D eigenvalue weighted by molar-refractivity contribution is 0.0941. The van der Waals surface area contributed by atoms with E-state index in [1.165, 1.54) is 22.2 Å². The molecule has 0 fully saturated rings. The molecule has 0 unspecified atom stereocenters. The minimum Gasteiger partial charge on any atom is -0.497 e. The van der Waals surface area contributed by atoms with Crippen LogP contribution < -0.4 is 10.1 Å². The van der Waals surface area contributed by atoms with Crippen LogP contribution in [0.1, 0.15) is 53.1 Å². The number of ether oxygens (including phenoxy) is 1. The van der Waals surface area contributed by atoms with Gasteiger partial charge < -0.3 is 15.0 Å². The van der Waals surface area contributed by atoms with Crippen LogP contribution in [0.4, 0.5) is 0 Å². The number of carbonyl (C=O) groups is 1. The Labute approximate surface area is 212 Å². The van der Waals surface area contributed by atoms with Crippen molar-refractivity contribution in [2.75, 3.05) is 13.7 Å². The van der Waals surface area contributed by atoms with Gasteiger partial charge in [0.2, 0.25) is 0 Å². The van der Waals surface area contributed by atoms with Gasteiger partial charge in [0.1, 0.15) is 5.75 Å². The summed E-state index contributed by atoms with van der Waals surface area (Å²) in [5.74, 6) is 0.697. The molecule has 3 heterocycles. The minimum atomic E-state index is -0.109. The number of nitrogens with one attached hydrogen (secondary N) is 2. The smallest absolute Gasteiger partial charge is 0.272 e. The lowest BCUT2D eigenvalue weighted by Gasteiger charge is -2.33. The van der Waals surface area contributed by atoms with Crippen molar-refractivity contribution in [3.63, 3.8) is 0 Å². The maximum absolute atomic E-state index is 13.2. The van der Waals surface area contributed by atoms with Crippen molar-refractivity contribution >= 4 is 16.8 Å². The van der Waals surface area contributed by atoms with Crippen LogP contribution in [0.3, 0.4) is 0 Å². The average molecular weight is 486 g/mol. The van der Waals surface area contributed by atoms with Crippen LogP contribution in [0.2, 0.25) is 0 Å². The Hall–Kier alpha value is -3.58. The van der Waals surface area contributed by atoms with Crippen molar-refractivity contribution in [2.24, 2.45) is 0 Å². The summed E-state index contributed by atoms with van der Waals surface area (Å²) in [6, 6.07) is 16.6. The summed E-state index contributed by atoms with van der Waals surface area (Å²) >= 11 is 0. The van der Waals surface area contributed by atoms with Gasteiger partial charge in [0, 0.05) is 67.0 Å². The first-order valence-electron chi connectivity index (χ1n) is 12.9. The molecule has 1 aliphatic rings. The van der Waals surface area contributed by atoms with Gasteiger partial charge in [0.05, 0.1) is 7.11 Å². The second kappa shape index (κ2) is 10.6. The highest BCUT2D eigenvalue weighted by atomic mass is 16.5. The number of carbonyl (C=O) groups excluding carboxylic acids is 1. The number of H-pyrrole nitrogens is 1. The molecule has 0 spiro atoms. The standard InChI is InChI=1S/C29H35N5O2/c1-4-34-27-15-16-33(20(2)9-12-22-18-30-26-8-6-5-7-24(22)26)19-25(27)28(32-34)29(35)31-17-21-10-13-23(36-3)14-11-21/h5-8,10-11,13-14,18,20,30H,4,9,12,15-17,19H2,1-3H3,(H,31,35)/t20-/m0/s1. The van der Waals surface area contributed by atoms with Gasteiger partial charge in [0.25, 0.3) is 5.91 Å². The van der Waals surface area contributed by atoms with Gasteiger partial charge >= 0.3 is 0 Å². The zero-order chi connectivity index (χ0) is 25.1. The number of aromatic nitrogens is 3. The molecular weight excluding hydrogens is 450 g/mol. The molecular formula is C29H35N5O2. The minimum absolute atomic E-state index is 0.109. The van der Waals surface area contributed by atoms with Crippen LogP contribution in [0, 0.1) is 0 Å². The molecule has 1 aliphatic heterocycles. The molecule has 0 radical (unpaired) electrons. The van der Waals surface area contributed by atoms with Gasteiger partial charge in [-0.15, -0.1) is 0 Å². The highest BCUT2D eigenvalue weighted by Crippen LogP contribution is 2.26. The van der Waals surface area contributed by atoms with E-state index in [4.69, 9.17) is 9.84 Å². The summed E-state index contributed by atoms with van der Waals surface area (Å²) in [6.45, 7) is 7.36. The zero-order valence-electron chi connectivity index (χ0n) is 21.4. The van der Waals surface area contributed by atoms with Crippen molar-refractivity contribution in [2.45, 2.75) is 58.8 Å². The normalized spacial score (nSPS) is 14.5. The number of benzene rings is 2. The first kappa shape index (κ1) is 24.1. The molecule has 36 heavy (non-hydrogen) atoms. The highest BCUT2D eigenvalue weighted by Gasteiger charge is 2.29. The van der Waals surface area contributed by atoms with Gasteiger partial charge in [-0.3, -0.25) is 14.4 Å². The van der Waals surface area contributed by atoms with E-state index in [-0.39, 0.29) is 5.91 Å². The van der Waals surface area contributed by atoms with Crippen molar-refractivity contribution < 1.29 is 9.53 Å². The van der Waals surface area contributed by atoms with E-state index < -0.39 is 0 Å². The molecule has 7 nitrogen and oxygen atoms in total. The summed E-state index contributed by atoms with van der Waals surface area (Å²) in [4.78, 5) is 19.1. The van der Waals surface area contributed by atoms with Crippen LogP contribution in [0.25, 0.3) is 10.9 Å². The van der Waals surface area contributed by atoms with Gasteiger partial charge in [-0.1, -0.05) is 30.3 Å². The molecule has 2 aromatic carbocycles. The summed E-state index contributed by atoms with van der Waals surface area (Å²) in [5, 5.41) is 9.10. The van der Waals surface area contributed by atoms with Gasteiger partial charge in [0.15, 0.2) is 5.69 Å². The molecule has 5 rings (SSSR count). The molecule has 188 valence electrons. The molecule has 7 heteroatoms. The van der Waals surface area contributed by atoms with E-state index in [1.807, 2.05) is 28.9 Å². The number of rotatable bonds is 9. The summed E-state index contributed by atoms with van der Waals surface area (Å²) in [6.07, 6.45) is 5.15. The summed E-state index contributed by atoms with van der Waals surface area (Å²) < 4.78 is 7.23. The fourth-order valence-electron chi connectivity index (χ4n) is 5.23. The Kier molecular flexibility index (Phi) is 7.09. The van der Waals surface area contributed by atoms with E-state index in [0.717, 1.165) is 55.8 Å². The number of methoxy groups -OCH3 is 1. The van der Waals surface area contributed by atoms with E-state index in [0.29, 0.717) is 18.3 Å². The molecule has 0 saturated carbocycles. The number of aryl methyl sites for hydroxylation is 2. The molecule has 1 atom stereocenters. The second-order valence-electron chi connectivity index (χ2n) is 9.59. The van der Waals surface area contributed by atoms with E-state index in [2.05, 4.69) is 59.5 Å². The Morgan fingerprint density at radius 2 is 2.00 bits per heavy atom. The number of hydrogen-bond donors (Lipinski definition) is 2. The van der Waals surface area contributed by atoms with E-state index in [1.54, 1.807) is 7.11 Å². The quantitative estimate of drug-likeness (QED) is 0.360. The predicted octanol–water partition coefficient (Wildman–Crippen LogP) is 4.70. The van der Waals surface area contributed by atoms with E-state index in [9.17, 15) is 4.79 Å². The molecule has 0 bridgehead atoms. The molecule has 1 amide bonds. The highest BCUT2D eigenvalue weighted by molar-refractivity contribution is 5.94. The van der Waals surface area contributed by atoms with Gasteiger partial charge in [-0.25, -0.2) is 0 Å². The average Bonchev–Trinajstić information content (AvgIpc) is 3.51. The second-order valence-corrected chi connectivity index (χ2v) is 9.59. The number of aromatic amines is 1. The third-order valence-electron chi connectivity index (χ3n) is 7.42. The van der Waals surface area contributed by atoms with Crippen LogP contribution >= 0.6 is 0 Å². The van der Waals surface area contributed by atoms with Crippen LogP contribution in [-0.4, -0.2) is 45.3 Å². The number of nitrogens with zero attached hydrogens (tertiary/aromatic N) is 3. The maximum Gasteiger partial charge on any atom is 0.272 e. The number of fused-ring (bicyclic) bond motifs is 2. The summed E-state index contributed by atoms with van der Waals surface area (Å²) in [7, 11) is 1.65. The lowest BCUT2D eigenvalue weighted by atomic mass is 9.99. The largest absolute Gasteiger partial charge is 0.497 e. The number of hydrogen-bond acceptors (Lipinski definition) is 4. The summed E-state index contributed by atoms with van der Waals surface area (Å²) in [5.41, 5.74) is 6.43. The van der Waals surface area contributed by atoms with Crippen molar-refractivity contribution in [1.82, 2.24) is 25.0 Å². The van der Waals surface area contributed by atoms with Crippen LogP contribution in [0.15, 0.2) is 54.7 Å². The first-order valence-corrected chi connectivity index (χ1v) is 12.9. The van der Waals surface area contributed by atoms with Gasteiger partial charge in [-0.05, 0) is 56.0 Å². The lowest BCUT2D eigenvalue weighted by Crippen LogP contribution is -2.39. The Bertz CT molecular complexity index is 1340. The fourth-order valence-corrected chi connectivity index (χ4v) is 5.23. The molecule has 2 N–H and O–H groups in total. The van der Waals surface area contributed by atoms with Crippen LogP contribution in [0.5, 0.6) is 5.75 Å². The Morgan fingerprint density at radius 3 is 2.78 bits per heavy atom. The zero-order valence-corrected chi connectivity index (χ0v) is 21.4. The molecule has 0 aliphatic carbocycles. The van der Waals surface area contributed by atoms with Crippen LogP contribution in [-0.2, 0) is 32.5 Å². The third-order valence-corrected chi connectivity index (χ3v) is 7.42. The molecule has 2 aromatic heterocycles. The fraction of sp³-hybridized carbons (Fsp3) is 0.379. The van der Waals surface area contributed by atoms with Crippen molar-refractivity contribution in [1.29, 1.82) is 0 Å².